The number of nitrogens with one attached hydrogen (secondary N) is 1. The maximum atomic E-state index is 10.8. The van der Waals surface area contributed by atoms with E-state index in [4.69, 9.17) is 0 Å². The van der Waals surface area contributed by atoms with Gasteiger partial charge in [-0.25, -0.2) is 0 Å². The molecule has 0 unspecified atom stereocenters. The molecular weight excluding hydrogens is 210 g/mol. The van der Waals surface area contributed by atoms with Crippen LogP contribution < -0.4 is 5.32 Å². The predicted molar refractivity (Wildman–Crippen MR) is 81.4 cm³/mol. The third kappa shape index (κ3) is 51.1. The molecule has 0 aromatic heterocycles. The molecule has 0 bridgehead atoms. The Kier molecular flexibility index (Phi) is 43.6. The zero-order valence-corrected chi connectivity index (χ0v) is 13.4. The SMILES string of the molecule is C=C(C)CNC(=O)CCC.CC.CC.CCC. The first-order chi connectivity index (χ1) is 8.08. The van der Waals surface area contributed by atoms with Crippen molar-refractivity contribution in [3.05, 3.63) is 12.2 Å². The van der Waals surface area contributed by atoms with Crippen LogP contribution in [0.15, 0.2) is 12.2 Å². The van der Waals surface area contributed by atoms with E-state index in [1.165, 1.54) is 6.42 Å². The first kappa shape index (κ1) is 25.2. The standard InChI is InChI=1S/C8H15NO.C3H8.2C2H6/c1-4-5-8(10)9-6-7(2)3;1-3-2;2*1-2/h2,4-6H2,1,3H3,(H,9,10);3H2,1-2H3;2*1-2H3. The van der Waals surface area contributed by atoms with Crippen molar-refractivity contribution in [3.8, 4) is 0 Å². The molecule has 0 atom stereocenters. The monoisotopic (exact) mass is 245 g/mol. The first-order valence-corrected chi connectivity index (χ1v) is 6.99. The molecule has 0 aromatic carbocycles. The lowest BCUT2D eigenvalue weighted by Gasteiger charge is -2.01. The Morgan fingerprint density at radius 3 is 1.65 bits per heavy atom. The van der Waals surface area contributed by atoms with E-state index in [1.807, 2.05) is 41.5 Å². The summed E-state index contributed by atoms with van der Waals surface area (Å²) in [7, 11) is 0. The summed E-state index contributed by atoms with van der Waals surface area (Å²) in [4.78, 5) is 10.8. The Morgan fingerprint density at radius 1 is 1.06 bits per heavy atom. The molecule has 1 N–H and O–H groups in total. The van der Waals surface area contributed by atoms with Gasteiger partial charge in [-0.3, -0.25) is 4.79 Å². The van der Waals surface area contributed by atoms with Crippen LogP contribution in [0.25, 0.3) is 0 Å². The van der Waals surface area contributed by atoms with Gasteiger partial charge in [-0.15, -0.1) is 0 Å². The molecule has 0 rings (SSSR count). The maximum Gasteiger partial charge on any atom is 0.220 e. The fraction of sp³-hybridized carbons (Fsp3) is 0.800. The van der Waals surface area contributed by atoms with Crippen LogP contribution in [0.2, 0.25) is 0 Å². The molecule has 1 amide bonds. The summed E-state index contributed by atoms with van der Waals surface area (Å²) in [6, 6.07) is 0. The van der Waals surface area contributed by atoms with Gasteiger partial charge < -0.3 is 5.32 Å². The molecule has 0 fully saturated rings. The largest absolute Gasteiger partial charge is 0.352 e. The summed E-state index contributed by atoms with van der Waals surface area (Å²) in [6.07, 6.45) is 2.77. The number of hydrogen-bond donors (Lipinski definition) is 1. The van der Waals surface area contributed by atoms with E-state index in [9.17, 15) is 4.79 Å². The summed E-state index contributed by atoms with van der Waals surface area (Å²) in [6.45, 7) is 20.4. The van der Waals surface area contributed by atoms with Gasteiger partial charge in [0.2, 0.25) is 5.91 Å². The Bertz CT molecular complexity index is 142. The molecule has 0 heterocycles. The van der Waals surface area contributed by atoms with Crippen LogP contribution in [0.5, 0.6) is 0 Å². The molecule has 0 saturated carbocycles. The average Bonchev–Trinajstić information content (AvgIpc) is 2.33. The van der Waals surface area contributed by atoms with E-state index in [-0.39, 0.29) is 5.91 Å². The van der Waals surface area contributed by atoms with Crippen LogP contribution >= 0.6 is 0 Å². The molecule has 0 radical (unpaired) electrons. The molecule has 0 aromatic rings. The quantitative estimate of drug-likeness (QED) is 0.698. The van der Waals surface area contributed by atoms with Gasteiger partial charge in [0.15, 0.2) is 0 Å². The summed E-state index contributed by atoms with van der Waals surface area (Å²) in [5, 5.41) is 2.74. The van der Waals surface area contributed by atoms with Crippen molar-refractivity contribution in [1.29, 1.82) is 0 Å². The normalized spacial score (nSPS) is 7.06. The molecule has 0 spiro atoms. The number of amides is 1. The van der Waals surface area contributed by atoms with Crippen molar-refractivity contribution >= 4 is 5.91 Å². The molecule has 2 nitrogen and oxygen atoms in total. The minimum atomic E-state index is 0.116. The fourth-order valence-corrected chi connectivity index (χ4v) is 0.565. The number of carbonyl (C=O) groups is 1. The Hall–Kier alpha value is -0.790. The molecule has 106 valence electrons. The van der Waals surface area contributed by atoms with Gasteiger partial charge >= 0.3 is 0 Å². The number of rotatable bonds is 4. The molecule has 0 aliphatic carbocycles. The van der Waals surface area contributed by atoms with Gasteiger partial charge in [0, 0.05) is 13.0 Å². The molecule has 17 heavy (non-hydrogen) atoms. The third-order valence-corrected chi connectivity index (χ3v) is 1.06. The second kappa shape index (κ2) is 29.5. The maximum absolute atomic E-state index is 10.8. The average molecular weight is 245 g/mol. The van der Waals surface area contributed by atoms with Gasteiger partial charge in [0.25, 0.3) is 0 Å². The first-order valence-electron chi connectivity index (χ1n) is 6.99. The van der Waals surface area contributed by atoms with Crippen molar-refractivity contribution in [3.63, 3.8) is 0 Å². The van der Waals surface area contributed by atoms with E-state index in [0.717, 1.165) is 12.0 Å². The van der Waals surface area contributed by atoms with Crippen LogP contribution in [-0.4, -0.2) is 12.5 Å². The van der Waals surface area contributed by atoms with Crippen LogP contribution in [0.3, 0.4) is 0 Å². The van der Waals surface area contributed by atoms with Crippen molar-refractivity contribution in [1.82, 2.24) is 5.32 Å². The van der Waals surface area contributed by atoms with Crippen molar-refractivity contribution in [2.45, 2.75) is 74.7 Å². The number of carbonyl (C=O) groups excluding carboxylic acids is 1. The van der Waals surface area contributed by atoms with Gasteiger partial charge in [0.1, 0.15) is 0 Å². The molecular formula is C15H35NO. The van der Waals surface area contributed by atoms with E-state index in [0.29, 0.717) is 13.0 Å². The topological polar surface area (TPSA) is 29.1 Å². The van der Waals surface area contributed by atoms with E-state index in [1.54, 1.807) is 0 Å². The van der Waals surface area contributed by atoms with Gasteiger partial charge in [-0.05, 0) is 13.3 Å². The highest BCUT2D eigenvalue weighted by molar-refractivity contribution is 5.75. The number of hydrogen-bond acceptors (Lipinski definition) is 1. The zero-order valence-electron chi connectivity index (χ0n) is 13.4. The van der Waals surface area contributed by atoms with E-state index < -0.39 is 0 Å². The second-order valence-electron chi connectivity index (χ2n) is 3.19. The zero-order chi connectivity index (χ0) is 14.7. The second-order valence-corrected chi connectivity index (χ2v) is 3.19. The Morgan fingerprint density at radius 2 is 1.41 bits per heavy atom. The van der Waals surface area contributed by atoms with Crippen LogP contribution in [0.1, 0.15) is 74.7 Å². The summed E-state index contributed by atoms with van der Waals surface area (Å²) < 4.78 is 0. The molecule has 2 heteroatoms. The van der Waals surface area contributed by atoms with E-state index in [2.05, 4.69) is 25.7 Å². The van der Waals surface area contributed by atoms with Crippen molar-refractivity contribution in [2.24, 2.45) is 0 Å². The fourth-order valence-electron chi connectivity index (χ4n) is 0.565. The predicted octanol–water partition coefficient (Wildman–Crippen LogP) is 4.95. The molecule has 0 aliphatic heterocycles. The van der Waals surface area contributed by atoms with Gasteiger partial charge in [-0.2, -0.15) is 0 Å². The molecule has 0 saturated heterocycles. The lowest BCUT2D eigenvalue weighted by molar-refractivity contribution is -0.120. The smallest absolute Gasteiger partial charge is 0.220 e. The lowest BCUT2D eigenvalue weighted by atomic mass is 10.3. The summed E-state index contributed by atoms with van der Waals surface area (Å²) >= 11 is 0. The Balaban J connectivity index is -0.000000102. The highest BCUT2D eigenvalue weighted by atomic mass is 16.1. The van der Waals surface area contributed by atoms with Gasteiger partial charge in [0.05, 0.1) is 0 Å². The van der Waals surface area contributed by atoms with Gasteiger partial charge in [-0.1, -0.05) is 67.0 Å². The van der Waals surface area contributed by atoms with Crippen molar-refractivity contribution in [2.75, 3.05) is 6.54 Å². The van der Waals surface area contributed by atoms with Crippen molar-refractivity contribution < 1.29 is 4.79 Å². The van der Waals surface area contributed by atoms with Crippen LogP contribution in [-0.2, 0) is 4.79 Å². The highest BCUT2D eigenvalue weighted by Crippen LogP contribution is 1.87. The van der Waals surface area contributed by atoms with Crippen LogP contribution in [0, 0.1) is 0 Å². The lowest BCUT2D eigenvalue weighted by Crippen LogP contribution is -2.24. The van der Waals surface area contributed by atoms with Crippen LogP contribution in [0.4, 0.5) is 0 Å². The Labute approximate surface area is 110 Å². The summed E-state index contributed by atoms with van der Waals surface area (Å²) in [5.74, 6) is 0.116. The summed E-state index contributed by atoms with van der Waals surface area (Å²) in [5.41, 5.74) is 0.990. The highest BCUT2D eigenvalue weighted by Gasteiger charge is 1.95. The minimum Gasteiger partial charge on any atom is -0.352 e. The molecule has 0 aliphatic rings. The third-order valence-electron chi connectivity index (χ3n) is 1.06. The van der Waals surface area contributed by atoms with E-state index >= 15 is 0 Å². The minimum absolute atomic E-state index is 0.116.